The Hall–Kier alpha value is -2.38. The highest BCUT2D eigenvalue weighted by molar-refractivity contribution is 7.89. The Morgan fingerprint density at radius 3 is 2.36 bits per heavy atom. The van der Waals surface area contributed by atoms with Crippen molar-refractivity contribution in [2.45, 2.75) is 45.1 Å². The fourth-order valence-electron chi connectivity index (χ4n) is 2.47. The first-order chi connectivity index (χ1) is 13.2. The molecule has 0 bridgehead atoms. The van der Waals surface area contributed by atoms with E-state index in [1.165, 1.54) is 5.56 Å². The predicted octanol–water partition coefficient (Wildman–Crippen LogP) is 3.67. The van der Waals surface area contributed by atoms with Crippen LogP contribution in [0.4, 0.5) is 5.69 Å². The van der Waals surface area contributed by atoms with Crippen LogP contribution in [0.5, 0.6) is 0 Å². The molecule has 6 nitrogen and oxygen atoms in total. The molecule has 2 aromatic rings. The van der Waals surface area contributed by atoms with Crippen molar-refractivity contribution in [1.82, 2.24) is 4.72 Å². The molecule has 0 atom stereocenters. The van der Waals surface area contributed by atoms with Gasteiger partial charge in [-0.2, -0.15) is 0 Å². The summed E-state index contributed by atoms with van der Waals surface area (Å²) in [5, 5.41) is 3.09. The summed E-state index contributed by atoms with van der Waals surface area (Å²) in [5.41, 5.74) is 8.97. The van der Waals surface area contributed by atoms with Crippen molar-refractivity contribution in [3.63, 3.8) is 0 Å². The summed E-state index contributed by atoms with van der Waals surface area (Å²) in [5.74, 6) is 1.00. The maximum absolute atomic E-state index is 12.2. The van der Waals surface area contributed by atoms with E-state index in [0.29, 0.717) is 25.0 Å². The number of aliphatic imine (C=N–C) groups is 1. The first kappa shape index (κ1) is 21.9. The number of anilines is 1. The Bertz CT molecular complexity index is 904. The van der Waals surface area contributed by atoms with Gasteiger partial charge in [-0.15, -0.1) is 0 Å². The number of sulfonamides is 1. The van der Waals surface area contributed by atoms with Gasteiger partial charge in [0.2, 0.25) is 10.0 Å². The van der Waals surface area contributed by atoms with Crippen LogP contribution in [0.2, 0.25) is 0 Å². The number of rotatable bonds is 8. The summed E-state index contributed by atoms with van der Waals surface area (Å²) in [4.78, 5) is 4.58. The van der Waals surface area contributed by atoms with E-state index in [-0.39, 0.29) is 10.8 Å². The minimum absolute atomic E-state index is 0.248. The number of hydrogen-bond donors (Lipinski definition) is 3. The van der Waals surface area contributed by atoms with Gasteiger partial charge in [-0.1, -0.05) is 52.0 Å². The smallest absolute Gasteiger partial charge is 0.240 e. The molecular weight excluding hydrogens is 372 g/mol. The van der Waals surface area contributed by atoms with E-state index in [1.54, 1.807) is 24.3 Å². The second kappa shape index (κ2) is 9.71. The molecule has 0 fully saturated rings. The van der Waals surface area contributed by atoms with Crippen molar-refractivity contribution >= 4 is 21.7 Å². The third kappa shape index (κ3) is 6.65. The van der Waals surface area contributed by atoms with Crippen LogP contribution in [0.25, 0.3) is 0 Å². The Kier molecular flexibility index (Phi) is 7.60. The molecule has 2 rings (SSSR count). The summed E-state index contributed by atoms with van der Waals surface area (Å²) in [6.07, 6.45) is 0. The zero-order chi connectivity index (χ0) is 20.7. The van der Waals surface area contributed by atoms with E-state index < -0.39 is 10.0 Å². The molecule has 4 N–H and O–H groups in total. The quantitative estimate of drug-likeness (QED) is 0.464. The normalized spacial score (nSPS) is 12.6. The molecule has 28 heavy (non-hydrogen) atoms. The minimum Gasteiger partial charge on any atom is -0.370 e. The molecule has 7 heteroatoms. The second-order valence-corrected chi connectivity index (χ2v) is 9.26. The fraction of sp³-hybridized carbons (Fsp3) is 0.381. The van der Waals surface area contributed by atoms with Crippen molar-refractivity contribution in [3.05, 3.63) is 59.7 Å². The molecule has 0 aliphatic carbocycles. The van der Waals surface area contributed by atoms with E-state index in [0.717, 1.165) is 11.3 Å². The van der Waals surface area contributed by atoms with E-state index in [4.69, 9.17) is 5.73 Å². The Morgan fingerprint density at radius 2 is 1.75 bits per heavy atom. The maximum Gasteiger partial charge on any atom is 0.240 e. The number of nitrogens with two attached hydrogens (primary N) is 1. The van der Waals surface area contributed by atoms with Crippen LogP contribution >= 0.6 is 0 Å². The highest BCUT2D eigenvalue weighted by Gasteiger charge is 2.13. The molecule has 0 saturated carbocycles. The predicted molar refractivity (Wildman–Crippen MR) is 116 cm³/mol. The zero-order valence-corrected chi connectivity index (χ0v) is 17.8. The third-order valence-electron chi connectivity index (χ3n) is 4.17. The number of hydrogen-bond acceptors (Lipinski definition) is 3. The van der Waals surface area contributed by atoms with Gasteiger partial charge >= 0.3 is 0 Å². The first-order valence-electron chi connectivity index (χ1n) is 9.43. The highest BCUT2D eigenvalue weighted by Crippen LogP contribution is 2.18. The molecule has 0 aliphatic heterocycles. The second-order valence-electron chi connectivity index (χ2n) is 7.50. The van der Waals surface area contributed by atoms with Crippen LogP contribution < -0.4 is 15.8 Å². The van der Waals surface area contributed by atoms with E-state index in [9.17, 15) is 8.42 Å². The van der Waals surface area contributed by atoms with Gasteiger partial charge in [0.05, 0.1) is 11.4 Å². The van der Waals surface area contributed by atoms with Crippen LogP contribution in [0, 0.1) is 5.92 Å². The van der Waals surface area contributed by atoms with Crippen molar-refractivity contribution in [3.8, 4) is 0 Å². The summed E-state index contributed by atoms with van der Waals surface area (Å²) >= 11 is 0. The molecule has 0 heterocycles. The molecule has 0 aliphatic rings. The van der Waals surface area contributed by atoms with Crippen LogP contribution in [-0.4, -0.2) is 20.9 Å². The lowest BCUT2D eigenvalue weighted by Crippen LogP contribution is -2.27. The highest BCUT2D eigenvalue weighted by atomic mass is 32.2. The lowest BCUT2D eigenvalue weighted by Gasteiger charge is -2.10. The van der Waals surface area contributed by atoms with Crippen molar-refractivity contribution in [2.75, 3.05) is 11.9 Å². The fourth-order valence-corrected chi connectivity index (χ4v) is 3.69. The molecular formula is C21H30N4O2S. The van der Waals surface area contributed by atoms with E-state index >= 15 is 0 Å². The number of nitrogens with zero attached hydrogens (tertiary/aromatic N) is 1. The van der Waals surface area contributed by atoms with Crippen molar-refractivity contribution in [1.29, 1.82) is 0 Å². The SMILES string of the molecule is CC(C)CNS(=O)(=O)c1ccc(CN=C(N)Nc2cccc(C(C)C)c2)cc1. The van der Waals surface area contributed by atoms with Crippen LogP contribution in [0.1, 0.15) is 44.7 Å². The zero-order valence-electron chi connectivity index (χ0n) is 16.9. The molecule has 0 unspecified atom stereocenters. The monoisotopic (exact) mass is 402 g/mol. The van der Waals surface area contributed by atoms with Gasteiger partial charge in [0.15, 0.2) is 5.96 Å². The maximum atomic E-state index is 12.2. The lowest BCUT2D eigenvalue weighted by molar-refractivity contribution is 0.560. The van der Waals surface area contributed by atoms with Gasteiger partial charge in [-0.25, -0.2) is 18.1 Å². The third-order valence-corrected chi connectivity index (χ3v) is 5.61. The van der Waals surface area contributed by atoms with Crippen LogP contribution in [0.3, 0.4) is 0 Å². The molecule has 152 valence electrons. The summed E-state index contributed by atoms with van der Waals surface area (Å²) in [6, 6.07) is 14.7. The van der Waals surface area contributed by atoms with Crippen LogP contribution in [-0.2, 0) is 16.6 Å². The molecule has 0 aromatic heterocycles. The Morgan fingerprint density at radius 1 is 1.07 bits per heavy atom. The summed E-state index contributed by atoms with van der Waals surface area (Å²) in [6.45, 7) is 8.97. The van der Waals surface area contributed by atoms with E-state index in [2.05, 4.69) is 41.0 Å². The van der Waals surface area contributed by atoms with Crippen molar-refractivity contribution in [2.24, 2.45) is 16.6 Å². The van der Waals surface area contributed by atoms with Gasteiger partial charge in [0, 0.05) is 12.2 Å². The van der Waals surface area contributed by atoms with Crippen molar-refractivity contribution < 1.29 is 8.42 Å². The number of guanidine groups is 1. The van der Waals surface area contributed by atoms with Gasteiger partial charge in [-0.05, 0) is 47.2 Å². The van der Waals surface area contributed by atoms with Crippen LogP contribution in [0.15, 0.2) is 58.4 Å². The lowest BCUT2D eigenvalue weighted by atomic mass is 10.0. The largest absolute Gasteiger partial charge is 0.370 e. The molecule has 0 radical (unpaired) electrons. The molecule has 0 saturated heterocycles. The standard InChI is InChI=1S/C21H30N4O2S/c1-15(2)13-24-28(26,27)20-10-8-17(9-11-20)14-23-21(22)25-19-7-5-6-18(12-19)16(3)4/h5-12,15-16,24H,13-14H2,1-4H3,(H3,22,23,25). The average Bonchev–Trinajstić information content (AvgIpc) is 2.65. The van der Waals surface area contributed by atoms with Gasteiger partial charge < -0.3 is 11.1 Å². The number of nitrogens with one attached hydrogen (secondary N) is 2. The summed E-state index contributed by atoms with van der Waals surface area (Å²) in [7, 11) is -3.48. The molecule has 0 spiro atoms. The Labute approximate surface area is 168 Å². The van der Waals surface area contributed by atoms with E-state index in [1.807, 2.05) is 26.0 Å². The Balaban J connectivity index is 1.99. The van der Waals surface area contributed by atoms with Gasteiger partial charge in [-0.3, -0.25) is 0 Å². The molecule has 0 amide bonds. The first-order valence-corrected chi connectivity index (χ1v) is 10.9. The number of benzene rings is 2. The average molecular weight is 403 g/mol. The molecule has 2 aromatic carbocycles. The minimum atomic E-state index is -3.48. The topological polar surface area (TPSA) is 96.6 Å². The summed E-state index contributed by atoms with van der Waals surface area (Å²) < 4.78 is 27.0. The van der Waals surface area contributed by atoms with Gasteiger partial charge in [0.1, 0.15) is 0 Å². The van der Waals surface area contributed by atoms with Gasteiger partial charge in [0.25, 0.3) is 0 Å².